The summed E-state index contributed by atoms with van der Waals surface area (Å²) in [5, 5.41) is 3.07. The average Bonchev–Trinajstić information content (AvgIpc) is 3.18. The van der Waals surface area contributed by atoms with Crippen molar-refractivity contribution in [1.82, 2.24) is 9.13 Å². The van der Waals surface area contributed by atoms with Crippen molar-refractivity contribution in [3.8, 4) is 0 Å². The van der Waals surface area contributed by atoms with Gasteiger partial charge in [-0.2, -0.15) is 0 Å². The van der Waals surface area contributed by atoms with Gasteiger partial charge in [-0.15, -0.1) is 11.3 Å². The Morgan fingerprint density at radius 1 is 0.971 bits per heavy atom. The molecule has 0 saturated heterocycles. The number of hydrogen-bond acceptors (Lipinski definition) is 4. The van der Waals surface area contributed by atoms with Crippen LogP contribution in [0.3, 0.4) is 0 Å². The lowest BCUT2D eigenvalue weighted by atomic mass is 10.0. The second-order valence-electron chi connectivity index (χ2n) is 9.42. The molecule has 2 heterocycles. The van der Waals surface area contributed by atoms with E-state index in [-0.39, 0.29) is 17.2 Å². The zero-order valence-electron chi connectivity index (χ0n) is 20.4. The van der Waals surface area contributed by atoms with E-state index < -0.39 is 0 Å². The van der Waals surface area contributed by atoms with Gasteiger partial charge < -0.3 is 0 Å². The third kappa shape index (κ3) is 4.48. The largest absolute Gasteiger partial charge is 0.331 e. The van der Waals surface area contributed by atoms with Crippen LogP contribution in [-0.4, -0.2) is 9.13 Å². The van der Waals surface area contributed by atoms with Crippen molar-refractivity contribution in [2.45, 2.75) is 43.5 Å². The minimum Gasteiger partial charge on any atom is -0.284 e. The Kier molecular flexibility index (Phi) is 6.43. The topological polar surface area (TPSA) is 44.0 Å². The molecule has 0 aliphatic carbocycles. The molecule has 6 heteroatoms. The van der Waals surface area contributed by atoms with Gasteiger partial charge in [0.25, 0.3) is 5.56 Å². The fourth-order valence-corrected chi connectivity index (χ4v) is 7.14. The van der Waals surface area contributed by atoms with Crippen molar-refractivity contribution in [3.63, 3.8) is 0 Å². The summed E-state index contributed by atoms with van der Waals surface area (Å²) in [7, 11) is 1.59. The number of benzene rings is 3. The van der Waals surface area contributed by atoms with Gasteiger partial charge in [-0.1, -0.05) is 85.8 Å². The van der Waals surface area contributed by atoms with Crippen LogP contribution in [0.5, 0.6) is 0 Å². The Morgan fingerprint density at radius 3 is 2.49 bits per heavy atom. The summed E-state index contributed by atoms with van der Waals surface area (Å²) in [4.78, 5) is 30.5. The molecule has 0 N–H and O–H groups in total. The van der Waals surface area contributed by atoms with Gasteiger partial charge >= 0.3 is 5.69 Å². The highest BCUT2D eigenvalue weighted by Crippen LogP contribution is 2.41. The molecule has 0 saturated carbocycles. The summed E-state index contributed by atoms with van der Waals surface area (Å²) in [6, 6.07) is 23.1. The van der Waals surface area contributed by atoms with Gasteiger partial charge in [0.15, 0.2) is 0 Å². The minimum atomic E-state index is -0.249. The number of thiophene rings is 1. The summed E-state index contributed by atoms with van der Waals surface area (Å²) in [5.41, 5.74) is 1.92. The van der Waals surface area contributed by atoms with Crippen molar-refractivity contribution in [3.05, 3.63) is 104 Å². The molecule has 0 bridgehead atoms. The van der Waals surface area contributed by atoms with Crippen molar-refractivity contribution >= 4 is 44.1 Å². The number of aromatic nitrogens is 2. The Balaban J connectivity index is 1.78. The predicted octanol–water partition coefficient (Wildman–Crippen LogP) is 6.62. The van der Waals surface area contributed by atoms with E-state index in [2.05, 4.69) is 81.4 Å². The molecule has 4 nitrogen and oxygen atoms in total. The summed E-state index contributed by atoms with van der Waals surface area (Å²) < 4.78 is 3.05. The lowest BCUT2D eigenvalue weighted by molar-refractivity contribution is 0.504. The molecule has 0 spiro atoms. The molecule has 35 heavy (non-hydrogen) atoms. The molecule has 178 valence electrons. The molecule has 0 fully saturated rings. The highest BCUT2D eigenvalue weighted by molar-refractivity contribution is 7.99. The Bertz CT molecular complexity index is 1670. The van der Waals surface area contributed by atoms with Gasteiger partial charge in [-0.05, 0) is 41.3 Å². The monoisotopic (exact) mass is 500 g/mol. The van der Waals surface area contributed by atoms with E-state index in [1.165, 1.54) is 26.5 Å². The summed E-state index contributed by atoms with van der Waals surface area (Å²) in [6.45, 7) is 6.84. The van der Waals surface area contributed by atoms with Crippen LogP contribution >= 0.6 is 23.1 Å². The molecule has 0 aliphatic heterocycles. The first-order valence-corrected chi connectivity index (χ1v) is 13.4. The summed E-state index contributed by atoms with van der Waals surface area (Å²) >= 11 is 3.21. The van der Waals surface area contributed by atoms with Gasteiger partial charge in [-0.3, -0.25) is 13.9 Å². The SMILES string of the molecule is Cc1cccc(Sc2c(Cc3cccc4ccccc34)sc3c2c(=O)n(C)c(=O)n3CC(C)C)c1. The predicted molar refractivity (Wildman–Crippen MR) is 148 cm³/mol. The number of aryl methyl sites for hydroxylation is 1. The average molecular weight is 501 g/mol. The molecule has 3 aromatic carbocycles. The van der Waals surface area contributed by atoms with Crippen molar-refractivity contribution in [2.24, 2.45) is 13.0 Å². The van der Waals surface area contributed by atoms with E-state index in [1.54, 1.807) is 34.7 Å². The molecule has 0 amide bonds. The number of hydrogen-bond donors (Lipinski definition) is 0. The third-order valence-electron chi connectivity index (χ3n) is 6.18. The molecule has 0 aliphatic rings. The number of fused-ring (bicyclic) bond motifs is 2. The van der Waals surface area contributed by atoms with E-state index in [0.29, 0.717) is 18.4 Å². The molecular weight excluding hydrogens is 472 g/mol. The van der Waals surface area contributed by atoms with Gasteiger partial charge in [0.1, 0.15) is 4.83 Å². The van der Waals surface area contributed by atoms with E-state index in [1.807, 2.05) is 6.07 Å². The lowest BCUT2D eigenvalue weighted by Crippen LogP contribution is -2.38. The smallest absolute Gasteiger partial charge is 0.284 e. The normalized spacial score (nSPS) is 11.7. The maximum Gasteiger partial charge on any atom is 0.331 e. The highest BCUT2D eigenvalue weighted by atomic mass is 32.2. The fraction of sp³-hybridized carbons (Fsp3) is 0.241. The van der Waals surface area contributed by atoms with E-state index in [9.17, 15) is 9.59 Å². The molecule has 2 aromatic heterocycles. The minimum absolute atomic E-state index is 0.222. The van der Waals surface area contributed by atoms with Crippen molar-refractivity contribution < 1.29 is 0 Å². The molecule has 0 atom stereocenters. The Hall–Kier alpha value is -3.09. The first-order chi connectivity index (χ1) is 16.8. The Morgan fingerprint density at radius 2 is 1.71 bits per heavy atom. The van der Waals surface area contributed by atoms with Gasteiger partial charge in [0.2, 0.25) is 0 Å². The number of rotatable bonds is 6. The van der Waals surface area contributed by atoms with Crippen LogP contribution in [0, 0.1) is 12.8 Å². The second-order valence-corrected chi connectivity index (χ2v) is 11.6. The van der Waals surface area contributed by atoms with Crippen LogP contribution in [0.4, 0.5) is 0 Å². The van der Waals surface area contributed by atoms with Gasteiger partial charge in [0.05, 0.1) is 5.39 Å². The quantitative estimate of drug-likeness (QED) is 0.263. The summed E-state index contributed by atoms with van der Waals surface area (Å²) in [5.74, 6) is 0.282. The number of nitrogens with zero attached hydrogens (tertiary/aromatic N) is 2. The molecule has 5 rings (SSSR count). The first kappa shape index (κ1) is 23.6. The molecule has 5 aromatic rings. The van der Waals surface area contributed by atoms with Crippen LogP contribution < -0.4 is 11.2 Å². The Labute approximate surface area is 212 Å². The van der Waals surface area contributed by atoms with Crippen molar-refractivity contribution in [1.29, 1.82) is 0 Å². The first-order valence-electron chi connectivity index (χ1n) is 11.8. The maximum absolute atomic E-state index is 13.5. The lowest BCUT2D eigenvalue weighted by Gasteiger charge is -2.12. The maximum atomic E-state index is 13.5. The molecule has 0 radical (unpaired) electrons. The molecule has 0 unspecified atom stereocenters. The summed E-state index contributed by atoms with van der Waals surface area (Å²) in [6.07, 6.45) is 0.702. The van der Waals surface area contributed by atoms with E-state index >= 15 is 0 Å². The van der Waals surface area contributed by atoms with Crippen LogP contribution in [0.2, 0.25) is 0 Å². The zero-order valence-corrected chi connectivity index (χ0v) is 22.0. The standard InChI is InChI=1S/C29H28N2O2S2/c1-18(2)17-31-28-25(27(32)30(4)29(31)33)26(34-22-13-7-9-19(3)15-22)24(35-28)16-21-12-8-11-20-10-5-6-14-23(20)21/h5-15,18H,16-17H2,1-4H3. The fourth-order valence-electron chi connectivity index (χ4n) is 4.52. The third-order valence-corrected chi connectivity index (χ3v) is 8.67. The van der Waals surface area contributed by atoms with E-state index in [4.69, 9.17) is 0 Å². The van der Waals surface area contributed by atoms with E-state index in [0.717, 1.165) is 19.5 Å². The highest BCUT2D eigenvalue weighted by Gasteiger charge is 2.23. The second kappa shape index (κ2) is 9.51. The van der Waals surface area contributed by atoms with Crippen LogP contribution in [0.25, 0.3) is 21.0 Å². The van der Waals surface area contributed by atoms with Crippen LogP contribution in [-0.2, 0) is 20.0 Å². The van der Waals surface area contributed by atoms with Crippen molar-refractivity contribution in [2.75, 3.05) is 0 Å². The van der Waals surface area contributed by atoms with Gasteiger partial charge in [-0.25, -0.2) is 4.79 Å². The van der Waals surface area contributed by atoms with Crippen LogP contribution in [0.15, 0.2) is 86.1 Å². The molecular formula is C29H28N2O2S2. The van der Waals surface area contributed by atoms with Gasteiger partial charge in [0, 0.05) is 34.7 Å². The van der Waals surface area contributed by atoms with Crippen LogP contribution in [0.1, 0.15) is 29.9 Å². The zero-order chi connectivity index (χ0) is 24.7.